The van der Waals surface area contributed by atoms with Crippen LogP contribution in [-0.2, 0) is 51.0 Å². The number of morpholine rings is 1. The van der Waals surface area contributed by atoms with Gasteiger partial charge in [0.1, 0.15) is 24.2 Å². The minimum atomic E-state index is -4.61. The number of alkyl halides is 3. The number of pyridine rings is 1. The predicted octanol–water partition coefficient (Wildman–Crippen LogP) is 6.55. The number of benzene rings is 1. The highest BCUT2D eigenvalue weighted by Gasteiger charge is 2.39. The molecule has 1 aliphatic carbocycles. The van der Waals surface area contributed by atoms with Gasteiger partial charge < -0.3 is 43.4 Å². The number of ether oxygens (including phenoxy) is 5. The first-order chi connectivity index (χ1) is 33.0. The fourth-order valence-electron chi connectivity index (χ4n) is 9.79. The van der Waals surface area contributed by atoms with Crippen molar-refractivity contribution in [3.05, 3.63) is 41.7 Å². The summed E-state index contributed by atoms with van der Waals surface area (Å²) in [6, 6.07) is 6.15. The van der Waals surface area contributed by atoms with Crippen molar-refractivity contribution >= 4 is 46.2 Å². The lowest BCUT2D eigenvalue weighted by molar-refractivity contribution is -0.151. The number of methoxy groups -OCH3 is 2. The number of hydrogen-bond donors (Lipinski definition) is 2. The summed E-state index contributed by atoms with van der Waals surface area (Å²) in [5, 5.41) is 4.66. The van der Waals surface area contributed by atoms with Gasteiger partial charge in [0.2, 0.25) is 0 Å². The average molecular weight is 985 g/mol. The normalized spacial score (nSPS) is 20.5. The highest BCUT2D eigenvalue weighted by atomic mass is 19.4. The Morgan fingerprint density at radius 3 is 2.31 bits per heavy atom. The van der Waals surface area contributed by atoms with Crippen molar-refractivity contribution in [1.82, 2.24) is 30.2 Å². The largest absolute Gasteiger partial charge is 0.468 e. The van der Waals surface area contributed by atoms with Crippen molar-refractivity contribution in [3.8, 4) is 11.3 Å². The maximum atomic E-state index is 15.0. The number of esters is 2. The van der Waals surface area contributed by atoms with E-state index in [4.69, 9.17) is 28.7 Å². The maximum Gasteiger partial charge on any atom is 0.408 e. The standard InChI is InChI=1S/C50H71F3N8O9/c1-31(66-8)43-38(24-35(27-54-43)58-19-17-57(18-20-58)33-12-13-33)44-39(26-49(6,7)30-69-32(2)62)37-23-34(14-15-42(37)60(44)29-50(51,52)53)59-21-22-68-36(28-59)25-41(55-47(65)70-48(3,4)5)45(63)61-16-10-11-40(56-61)46(64)67-9/h14-15,23-24,27,31,33,36,40-41,56H,10-13,16-22,25-26,28-30H2,1-9H3,(H,55,65)/t31-,36-,40-,41-/m0/s1. The summed E-state index contributed by atoms with van der Waals surface area (Å²) in [6.45, 7) is 15.4. The SMILES string of the molecule is COC(=O)[C@@H]1CCCN(C(=O)[C@H](C[C@H]2CN(c3ccc4c(c3)c(CC(C)(C)COC(C)=O)c(-c3cc(N5CCN(C6CC6)CC5)cnc3[C@H](C)OC)n4CC(F)(F)F)CCO2)NC(=O)OC(C)(C)C)N1. The molecule has 1 aromatic carbocycles. The van der Waals surface area contributed by atoms with Crippen molar-refractivity contribution in [3.63, 3.8) is 0 Å². The summed E-state index contributed by atoms with van der Waals surface area (Å²) >= 11 is 0. The number of rotatable bonds is 16. The molecular formula is C50H71F3N8O9. The number of carbonyl (C=O) groups excluding carboxylic acids is 4. The molecule has 17 nitrogen and oxygen atoms in total. The van der Waals surface area contributed by atoms with Crippen molar-refractivity contribution in [2.24, 2.45) is 5.41 Å². The Hall–Kier alpha value is -5.18. The quantitative estimate of drug-likeness (QED) is 0.117. The fraction of sp³-hybridized carbons (Fsp3) is 0.660. The zero-order valence-electron chi connectivity index (χ0n) is 42.1. The summed E-state index contributed by atoms with van der Waals surface area (Å²) in [5.41, 5.74) is 5.28. The van der Waals surface area contributed by atoms with Crippen LogP contribution in [0.25, 0.3) is 22.2 Å². The highest BCUT2D eigenvalue weighted by molar-refractivity contribution is 5.95. The Bertz CT molecular complexity index is 2360. The van der Waals surface area contributed by atoms with Gasteiger partial charge >= 0.3 is 24.2 Å². The molecule has 2 amide bonds. The van der Waals surface area contributed by atoms with E-state index in [1.54, 1.807) is 46.2 Å². The zero-order valence-corrected chi connectivity index (χ0v) is 42.1. The first-order valence-electron chi connectivity index (χ1n) is 24.4. The summed E-state index contributed by atoms with van der Waals surface area (Å²) in [7, 11) is 2.83. The van der Waals surface area contributed by atoms with E-state index >= 15 is 13.2 Å². The fourth-order valence-corrected chi connectivity index (χ4v) is 9.79. The lowest BCUT2D eigenvalue weighted by Crippen LogP contribution is -2.61. The van der Waals surface area contributed by atoms with Gasteiger partial charge in [-0.25, -0.2) is 10.2 Å². The smallest absolute Gasteiger partial charge is 0.408 e. The van der Waals surface area contributed by atoms with Crippen LogP contribution < -0.4 is 20.5 Å². The molecule has 4 atom stereocenters. The molecule has 0 spiro atoms. The summed E-state index contributed by atoms with van der Waals surface area (Å²) in [4.78, 5) is 63.7. The van der Waals surface area contributed by atoms with Crippen molar-refractivity contribution in [2.45, 2.75) is 136 Å². The highest BCUT2D eigenvalue weighted by Crippen LogP contribution is 2.44. The van der Waals surface area contributed by atoms with Crippen molar-refractivity contribution < 1.29 is 56.0 Å². The van der Waals surface area contributed by atoms with Gasteiger partial charge in [0.15, 0.2) is 0 Å². The Balaban J connectivity index is 1.28. The zero-order chi connectivity index (χ0) is 50.7. The van der Waals surface area contributed by atoms with Gasteiger partial charge in [-0.05, 0) is 89.6 Å². The number of nitrogens with zero attached hydrogens (tertiary/aromatic N) is 6. The van der Waals surface area contributed by atoms with E-state index in [-0.39, 0.29) is 39.1 Å². The van der Waals surface area contributed by atoms with Gasteiger partial charge in [-0.1, -0.05) is 13.8 Å². The van der Waals surface area contributed by atoms with Crippen LogP contribution in [0.3, 0.4) is 0 Å². The molecule has 0 unspecified atom stereocenters. The third kappa shape index (κ3) is 13.2. The minimum Gasteiger partial charge on any atom is -0.468 e. The van der Waals surface area contributed by atoms with Gasteiger partial charge in [0.25, 0.3) is 5.91 Å². The van der Waals surface area contributed by atoms with E-state index in [1.165, 1.54) is 36.5 Å². The molecule has 7 rings (SSSR count). The molecule has 2 aromatic heterocycles. The number of carbonyl (C=O) groups is 4. The number of hydrazine groups is 1. The van der Waals surface area contributed by atoms with E-state index in [2.05, 4.69) is 25.4 Å². The Labute approximate surface area is 408 Å². The molecule has 3 aromatic rings. The molecule has 4 fully saturated rings. The monoisotopic (exact) mass is 985 g/mol. The van der Waals surface area contributed by atoms with E-state index < -0.39 is 72.0 Å². The van der Waals surface area contributed by atoms with Gasteiger partial charge in [0.05, 0.1) is 55.8 Å². The van der Waals surface area contributed by atoms with Crippen LogP contribution in [0.1, 0.15) is 97.9 Å². The maximum absolute atomic E-state index is 15.0. The number of halogens is 3. The summed E-state index contributed by atoms with van der Waals surface area (Å²) in [5.74, 6) is -1.46. The van der Waals surface area contributed by atoms with Crippen LogP contribution in [0.2, 0.25) is 0 Å². The lowest BCUT2D eigenvalue weighted by atomic mass is 9.84. The van der Waals surface area contributed by atoms with E-state index in [0.29, 0.717) is 64.5 Å². The molecule has 0 bridgehead atoms. The number of hydrogen-bond acceptors (Lipinski definition) is 14. The molecule has 386 valence electrons. The number of fused-ring (bicyclic) bond motifs is 1. The first kappa shape index (κ1) is 52.6. The Morgan fingerprint density at radius 2 is 1.67 bits per heavy atom. The van der Waals surface area contributed by atoms with Gasteiger partial charge in [-0.3, -0.25) is 29.3 Å². The number of amides is 2. The molecule has 0 radical (unpaired) electrons. The minimum absolute atomic E-state index is 0.0248. The predicted molar refractivity (Wildman–Crippen MR) is 257 cm³/mol. The summed E-state index contributed by atoms with van der Waals surface area (Å²) < 4.78 is 74.5. The van der Waals surface area contributed by atoms with Crippen LogP contribution in [0.15, 0.2) is 30.5 Å². The molecule has 2 N–H and O–H groups in total. The second-order valence-corrected chi connectivity index (χ2v) is 20.8. The third-order valence-corrected chi connectivity index (χ3v) is 13.4. The van der Waals surface area contributed by atoms with Crippen LogP contribution in [0.4, 0.5) is 29.3 Å². The number of nitrogens with one attached hydrogen (secondary N) is 2. The Morgan fingerprint density at radius 1 is 0.943 bits per heavy atom. The van der Waals surface area contributed by atoms with E-state index in [9.17, 15) is 19.2 Å². The molecular weight excluding hydrogens is 914 g/mol. The van der Waals surface area contributed by atoms with Gasteiger partial charge in [-0.15, -0.1) is 0 Å². The molecule has 4 aliphatic rings. The van der Waals surface area contributed by atoms with Crippen LogP contribution >= 0.6 is 0 Å². The van der Waals surface area contributed by atoms with Crippen LogP contribution in [-0.4, -0.2) is 153 Å². The number of alkyl carbamates (subject to hydrolysis) is 1. The number of anilines is 2. The number of piperazine rings is 1. The molecule has 5 heterocycles. The molecule has 3 saturated heterocycles. The van der Waals surface area contributed by atoms with E-state index in [1.807, 2.05) is 32.9 Å². The van der Waals surface area contributed by atoms with Crippen molar-refractivity contribution in [1.29, 1.82) is 0 Å². The molecule has 70 heavy (non-hydrogen) atoms. The van der Waals surface area contributed by atoms with E-state index in [0.717, 1.165) is 31.9 Å². The summed E-state index contributed by atoms with van der Waals surface area (Å²) in [6.07, 6.45) is -1.11. The molecule has 20 heteroatoms. The third-order valence-electron chi connectivity index (χ3n) is 13.4. The van der Waals surface area contributed by atoms with Crippen molar-refractivity contribution in [2.75, 3.05) is 83.0 Å². The first-order valence-corrected chi connectivity index (χ1v) is 24.4. The number of aromatic nitrogens is 2. The van der Waals surface area contributed by atoms with Crippen LogP contribution in [0, 0.1) is 5.41 Å². The topological polar surface area (TPSA) is 169 Å². The second kappa shape index (κ2) is 21.7. The average Bonchev–Trinajstić information content (AvgIpc) is 4.13. The van der Waals surface area contributed by atoms with Gasteiger partial charge in [-0.2, -0.15) is 13.2 Å². The Kier molecular flexibility index (Phi) is 16.3. The van der Waals surface area contributed by atoms with Gasteiger partial charge in [0, 0.05) is 99.9 Å². The van der Waals surface area contributed by atoms with Crippen LogP contribution in [0.5, 0.6) is 0 Å². The molecule has 3 aliphatic heterocycles. The lowest BCUT2D eigenvalue weighted by Gasteiger charge is -2.38. The molecule has 1 saturated carbocycles. The second-order valence-electron chi connectivity index (χ2n) is 20.8.